The van der Waals surface area contributed by atoms with Crippen LogP contribution in [0.1, 0.15) is 40.9 Å². The number of benzene rings is 3. The van der Waals surface area contributed by atoms with E-state index in [1.54, 1.807) is 12.1 Å². The van der Waals surface area contributed by atoms with Crippen LogP contribution in [0.3, 0.4) is 0 Å². The summed E-state index contributed by atoms with van der Waals surface area (Å²) in [5, 5.41) is 3.04. The third kappa shape index (κ3) is 4.92. The van der Waals surface area contributed by atoms with Gasteiger partial charge in [-0.15, -0.1) is 0 Å². The van der Waals surface area contributed by atoms with Crippen molar-refractivity contribution in [3.63, 3.8) is 0 Å². The number of rotatable bonds is 6. The highest BCUT2D eigenvalue weighted by atomic mass is 16.5. The third-order valence-electron chi connectivity index (χ3n) is 4.98. The van der Waals surface area contributed by atoms with Crippen LogP contribution in [0.5, 0.6) is 17.2 Å². The normalized spacial score (nSPS) is 13.8. The first-order chi connectivity index (χ1) is 14.7. The van der Waals surface area contributed by atoms with Gasteiger partial charge in [-0.1, -0.05) is 36.4 Å². The fourth-order valence-corrected chi connectivity index (χ4v) is 3.26. The van der Waals surface area contributed by atoms with E-state index in [1.807, 2.05) is 67.6 Å². The van der Waals surface area contributed by atoms with Crippen molar-refractivity contribution in [1.82, 2.24) is 5.32 Å². The van der Waals surface area contributed by atoms with Crippen LogP contribution in [0.25, 0.3) is 0 Å². The quantitative estimate of drug-likeness (QED) is 0.635. The topological polar surface area (TPSA) is 56.8 Å². The molecule has 1 aliphatic heterocycles. The average molecular weight is 403 g/mol. The van der Waals surface area contributed by atoms with E-state index in [0.717, 1.165) is 34.8 Å². The molecule has 0 saturated carbocycles. The van der Waals surface area contributed by atoms with Gasteiger partial charge in [0.15, 0.2) is 11.5 Å². The van der Waals surface area contributed by atoms with Crippen molar-refractivity contribution >= 4 is 5.91 Å². The van der Waals surface area contributed by atoms with E-state index in [-0.39, 0.29) is 11.9 Å². The number of carbonyl (C=O) groups is 1. The molecule has 3 aromatic carbocycles. The molecule has 1 unspecified atom stereocenters. The standard InChI is InChI=1S/C25H25NO4/c1-18(21-10-13-23-24(16-21)29-15-5-14-28-23)26-25(27)20-8-11-22(12-9-20)30-17-19-6-3-2-4-7-19/h2-4,6-13,16,18H,5,14-15,17H2,1H3,(H,26,27). The van der Waals surface area contributed by atoms with Gasteiger partial charge in [-0.25, -0.2) is 0 Å². The lowest BCUT2D eigenvalue weighted by Crippen LogP contribution is -2.26. The Kier molecular flexibility index (Phi) is 6.18. The van der Waals surface area contributed by atoms with Gasteiger partial charge in [0.2, 0.25) is 0 Å². The van der Waals surface area contributed by atoms with Crippen molar-refractivity contribution in [3.05, 3.63) is 89.5 Å². The summed E-state index contributed by atoms with van der Waals surface area (Å²) in [4.78, 5) is 12.7. The summed E-state index contributed by atoms with van der Waals surface area (Å²) in [5.41, 5.74) is 2.65. The van der Waals surface area contributed by atoms with Crippen LogP contribution in [0.4, 0.5) is 0 Å². The number of amides is 1. The first kappa shape index (κ1) is 19.8. The summed E-state index contributed by atoms with van der Waals surface area (Å²) in [6.45, 7) is 3.74. The van der Waals surface area contributed by atoms with E-state index in [9.17, 15) is 4.79 Å². The van der Waals surface area contributed by atoms with Crippen molar-refractivity contribution in [2.45, 2.75) is 26.0 Å². The molecule has 1 amide bonds. The summed E-state index contributed by atoms with van der Waals surface area (Å²) >= 11 is 0. The van der Waals surface area contributed by atoms with Crippen molar-refractivity contribution in [2.24, 2.45) is 0 Å². The lowest BCUT2D eigenvalue weighted by molar-refractivity contribution is 0.0939. The van der Waals surface area contributed by atoms with Gasteiger partial charge >= 0.3 is 0 Å². The van der Waals surface area contributed by atoms with Crippen LogP contribution in [0, 0.1) is 0 Å². The predicted octanol–water partition coefficient (Wildman–Crippen LogP) is 4.92. The summed E-state index contributed by atoms with van der Waals surface area (Å²) < 4.78 is 17.2. The van der Waals surface area contributed by atoms with E-state index < -0.39 is 0 Å². The number of hydrogen-bond donors (Lipinski definition) is 1. The molecular formula is C25H25NO4. The molecule has 0 radical (unpaired) electrons. The minimum absolute atomic E-state index is 0.135. The Hall–Kier alpha value is -3.47. The predicted molar refractivity (Wildman–Crippen MR) is 115 cm³/mol. The molecule has 154 valence electrons. The summed E-state index contributed by atoms with van der Waals surface area (Å²) in [7, 11) is 0. The van der Waals surface area contributed by atoms with Gasteiger partial charge in [0.05, 0.1) is 19.3 Å². The maximum atomic E-state index is 12.7. The molecule has 0 bridgehead atoms. The third-order valence-corrected chi connectivity index (χ3v) is 4.98. The number of ether oxygens (including phenoxy) is 3. The van der Waals surface area contributed by atoms with Gasteiger partial charge in [-0.05, 0) is 54.4 Å². The fraction of sp³-hybridized carbons (Fsp3) is 0.240. The molecule has 0 spiro atoms. The Bertz CT molecular complexity index is 986. The Balaban J connectivity index is 1.35. The molecule has 1 N–H and O–H groups in total. The van der Waals surface area contributed by atoms with Crippen LogP contribution in [0.15, 0.2) is 72.8 Å². The second-order valence-corrected chi connectivity index (χ2v) is 7.25. The Morgan fingerprint density at radius 3 is 2.47 bits per heavy atom. The number of nitrogens with one attached hydrogen (secondary N) is 1. The zero-order valence-electron chi connectivity index (χ0n) is 17.0. The lowest BCUT2D eigenvalue weighted by Gasteiger charge is -2.16. The molecule has 5 nitrogen and oxygen atoms in total. The van der Waals surface area contributed by atoms with Crippen LogP contribution in [0.2, 0.25) is 0 Å². The van der Waals surface area contributed by atoms with Crippen LogP contribution in [-0.2, 0) is 6.61 Å². The second kappa shape index (κ2) is 9.35. The van der Waals surface area contributed by atoms with Crippen LogP contribution < -0.4 is 19.5 Å². The van der Waals surface area contributed by atoms with Crippen molar-refractivity contribution in [1.29, 1.82) is 0 Å². The molecule has 0 aliphatic carbocycles. The SMILES string of the molecule is CC(NC(=O)c1ccc(OCc2ccccc2)cc1)c1ccc2c(c1)OCCCO2. The highest BCUT2D eigenvalue weighted by molar-refractivity contribution is 5.94. The minimum atomic E-state index is -0.163. The number of hydrogen-bond acceptors (Lipinski definition) is 4. The van der Waals surface area contributed by atoms with Crippen LogP contribution >= 0.6 is 0 Å². The molecule has 1 aliphatic rings. The fourth-order valence-electron chi connectivity index (χ4n) is 3.26. The van der Waals surface area contributed by atoms with Crippen molar-refractivity contribution in [2.75, 3.05) is 13.2 Å². The highest BCUT2D eigenvalue weighted by Gasteiger charge is 2.16. The van der Waals surface area contributed by atoms with E-state index >= 15 is 0 Å². The Morgan fingerprint density at radius 2 is 1.70 bits per heavy atom. The smallest absolute Gasteiger partial charge is 0.251 e. The van der Waals surface area contributed by atoms with Gasteiger partial charge in [0.25, 0.3) is 5.91 Å². The maximum Gasteiger partial charge on any atom is 0.251 e. The largest absolute Gasteiger partial charge is 0.490 e. The lowest BCUT2D eigenvalue weighted by atomic mass is 10.1. The maximum absolute atomic E-state index is 12.7. The molecule has 5 heteroatoms. The molecule has 1 atom stereocenters. The van der Waals surface area contributed by atoms with Crippen LogP contribution in [-0.4, -0.2) is 19.1 Å². The number of fused-ring (bicyclic) bond motifs is 1. The Morgan fingerprint density at radius 1 is 0.967 bits per heavy atom. The molecule has 3 aromatic rings. The van der Waals surface area contributed by atoms with Gasteiger partial charge in [-0.3, -0.25) is 4.79 Å². The molecule has 0 fully saturated rings. The van der Waals surface area contributed by atoms with Gasteiger partial charge in [-0.2, -0.15) is 0 Å². The monoisotopic (exact) mass is 403 g/mol. The average Bonchev–Trinajstić information content (AvgIpc) is 3.03. The molecule has 4 rings (SSSR count). The first-order valence-corrected chi connectivity index (χ1v) is 10.2. The van der Waals surface area contributed by atoms with E-state index in [2.05, 4.69) is 5.32 Å². The van der Waals surface area contributed by atoms with Crippen molar-refractivity contribution in [3.8, 4) is 17.2 Å². The van der Waals surface area contributed by atoms with E-state index in [1.165, 1.54) is 0 Å². The summed E-state index contributed by atoms with van der Waals surface area (Å²) in [5.74, 6) is 2.07. The summed E-state index contributed by atoms with van der Waals surface area (Å²) in [6.07, 6.45) is 0.862. The zero-order chi connectivity index (χ0) is 20.8. The molecule has 0 aromatic heterocycles. The first-order valence-electron chi connectivity index (χ1n) is 10.2. The van der Waals surface area contributed by atoms with E-state index in [4.69, 9.17) is 14.2 Å². The highest BCUT2D eigenvalue weighted by Crippen LogP contribution is 2.32. The van der Waals surface area contributed by atoms with Gasteiger partial charge < -0.3 is 19.5 Å². The molecule has 30 heavy (non-hydrogen) atoms. The van der Waals surface area contributed by atoms with Gasteiger partial charge in [0, 0.05) is 12.0 Å². The molecule has 0 saturated heterocycles. The minimum Gasteiger partial charge on any atom is -0.490 e. The Labute approximate surface area is 176 Å². The van der Waals surface area contributed by atoms with E-state index in [0.29, 0.717) is 25.4 Å². The zero-order valence-corrected chi connectivity index (χ0v) is 17.0. The summed E-state index contributed by atoms with van der Waals surface area (Å²) in [6, 6.07) is 22.8. The molecule has 1 heterocycles. The van der Waals surface area contributed by atoms with Gasteiger partial charge in [0.1, 0.15) is 12.4 Å². The number of carbonyl (C=O) groups excluding carboxylic acids is 1. The molecular weight excluding hydrogens is 378 g/mol. The van der Waals surface area contributed by atoms with Crippen molar-refractivity contribution < 1.29 is 19.0 Å². The second-order valence-electron chi connectivity index (χ2n) is 7.25.